The third-order valence-corrected chi connectivity index (χ3v) is 7.17. The molecule has 7 rings (SSSR count). The van der Waals surface area contributed by atoms with E-state index < -0.39 is 35.3 Å². The van der Waals surface area contributed by atoms with E-state index in [1.54, 1.807) is 6.20 Å². The molecule has 0 saturated heterocycles. The van der Waals surface area contributed by atoms with E-state index in [0.717, 1.165) is 31.9 Å². The van der Waals surface area contributed by atoms with E-state index in [1.165, 1.54) is 12.1 Å². The van der Waals surface area contributed by atoms with Gasteiger partial charge >= 0.3 is 5.97 Å². The molecule has 4 aromatic heterocycles. The van der Waals surface area contributed by atoms with Crippen LogP contribution in [0.15, 0.2) is 35.0 Å². The summed E-state index contributed by atoms with van der Waals surface area (Å²) < 4.78 is 46.8. The fourth-order valence-corrected chi connectivity index (χ4v) is 5.62. The lowest BCUT2D eigenvalue weighted by Crippen LogP contribution is -2.51. The van der Waals surface area contributed by atoms with Crippen LogP contribution >= 0.6 is 0 Å². The highest BCUT2D eigenvalue weighted by Gasteiger charge is 2.47. The lowest BCUT2D eigenvalue weighted by Gasteiger charge is -2.47. The van der Waals surface area contributed by atoms with Crippen molar-refractivity contribution in [2.45, 2.75) is 31.7 Å². The Kier molecular flexibility index (Phi) is 5.01. The molecule has 3 aliphatic rings. The second-order valence-electron chi connectivity index (χ2n) is 9.15. The Morgan fingerprint density at radius 1 is 1.09 bits per heavy atom. The summed E-state index contributed by atoms with van der Waals surface area (Å²) in [6.45, 7) is 0. The number of nitrogens with zero attached hydrogens (tertiary/aromatic N) is 3. The van der Waals surface area contributed by atoms with Gasteiger partial charge in [0.25, 0.3) is 6.01 Å². The number of H-pyrrole nitrogens is 1. The summed E-state index contributed by atoms with van der Waals surface area (Å²) in [5.41, 5.74) is 0.755. The zero-order valence-corrected chi connectivity index (χ0v) is 18.3. The molecule has 2 unspecified atom stereocenters. The van der Waals surface area contributed by atoms with Crippen LogP contribution in [0.5, 0.6) is 0 Å². The lowest BCUT2D eigenvalue weighted by atomic mass is 9.61. The number of carboxylic acid groups (broad SMARTS) is 1. The van der Waals surface area contributed by atoms with Crippen molar-refractivity contribution in [1.29, 1.82) is 0 Å². The Morgan fingerprint density at radius 3 is 2.57 bits per heavy atom. The highest BCUT2D eigenvalue weighted by Crippen LogP contribution is 2.46. The molecule has 0 aromatic carbocycles. The molecule has 11 heteroatoms. The van der Waals surface area contributed by atoms with Crippen LogP contribution in [0, 0.1) is 35.4 Å². The minimum atomic E-state index is -1.11. The van der Waals surface area contributed by atoms with Crippen LogP contribution in [-0.2, 0) is 4.79 Å². The quantitative estimate of drug-likeness (QED) is 0.366. The van der Waals surface area contributed by atoms with Crippen molar-refractivity contribution in [1.82, 2.24) is 19.9 Å². The molecule has 0 amide bonds. The molecule has 0 radical (unpaired) electrons. The van der Waals surface area contributed by atoms with Crippen LogP contribution in [0.4, 0.5) is 19.0 Å². The summed E-state index contributed by atoms with van der Waals surface area (Å²) in [5.74, 6) is -2.84. The topological polar surface area (TPSA) is 117 Å². The van der Waals surface area contributed by atoms with E-state index in [2.05, 4.69) is 25.3 Å². The minimum absolute atomic E-state index is 0.0366. The molecule has 3 N–H and O–H groups in total. The number of furan rings is 1. The van der Waals surface area contributed by atoms with Gasteiger partial charge in [0.1, 0.15) is 23.0 Å². The first-order valence-electron chi connectivity index (χ1n) is 11.3. The number of pyridine rings is 1. The summed E-state index contributed by atoms with van der Waals surface area (Å²) in [7, 11) is 0. The van der Waals surface area contributed by atoms with Gasteiger partial charge in [-0.15, -0.1) is 0 Å². The van der Waals surface area contributed by atoms with Crippen LogP contribution in [0.2, 0.25) is 0 Å². The van der Waals surface area contributed by atoms with Crippen LogP contribution in [-0.4, -0.2) is 37.1 Å². The van der Waals surface area contributed by atoms with Gasteiger partial charge in [0, 0.05) is 29.3 Å². The number of rotatable bonds is 5. The highest BCUT2D eigenvalue weighted by atomic mass is 19.1. The number of hydrogen-bond donors (Lipinski definition) is 3. The van der Waals surface area contributed by atoms with Gasteiger partial charge in [-0.3, -0.25) is 4.79 Å². The number of aliphatic carboxylic acids is 1. The summed E-state index contributed by atoms with van der Waals surface area (Å²) in [6.07, 6.45) is 6.15. The molecule has 4 heterocycles. The van der Waals surface area contributed by atoms with Crippen molar-refractivity contribution >= 4 is 22.8 Å². The smallest absolute Gasteiger partial charge is 0.308 e. The second-order valence-corrected chi connectivity index (χ2v) is 9.15. The number of fused-ring (bicyclic) bond motifs is 4. The van der Waals surface area contributed by atoms with Gasteiger partial charge in [-0.1, -0.05) is 0 Å². The van der Waals surface area contributed by atoms with Crippen molar-refractivity contribution in [3.05, 3.63) is 48.2 Å². The average Bonchev–Trinajstić information content (AvgIpc) is 3.41. The largest absolute Gasteiger partial charge is 0.481 e. The molecule has 8 nitrogen and oxygen atoms in total. The SMILES string of the molecule is O=C(O)C1C2CCC(CC2)C1Nc1cc(-c2oc(F)cc2F)nc(-c2c[nH]c3ncc(F)cc23)n1. The molecule has 2 atom stereocenters. The van der Waals surface area contributed by atoms with Crippen molar-refractivity contribution in [3.8, 4) is 22.8 Å². The van der Waals surface area contributed by atoms with Crippen LogP contribution in [0.3, 0.4) is 0 Å². The Labute approximate surface area is 196 Å². The highest BCUT2D eigenvalue weighted by molar-refractivity contribution is 5.92. The lowest BCUT2D eigenvalue weighted by molar-refractivity contribution is -0.148. The third kappa shape index (κ3) is 3.71. The molecule has 0 aliphatic heterocycles. The van der Waals surface area contributed by atoms with Crippen LogP contribution in [0.1, 0.15) is 25.7 Å². The summed E-state index contributed by atoms with van der Waals surface area (Å²) in [6, 6.07) is 1.79. The van der Waals surface area contributed by atoms with Crippen molar-refractivity contribution in [2.24, 2.45) is 17.8 Å². The summed E-state index contributed by atoms with van der Waals surface area (Å²) in [4.78, 5) is 27.9. The summed E-state index contributed by atoms with van der Waals surface area (Å²) >= 11 is 0. The van der Waals surface area contributed by atoms with E-state index >= 15 is 0 Å². The number of aromatic nitrogens is 4. The first-order chi connectivity index (χ1) is 16.9. The molecule has 3 saturated carbocycles. The number of hydrogen-bond acceptors (Lipinski definition) is 6. The standard InChI is InChI=1S/C24H20F3N5O3/c25-12-5-13-14(9-29-22(13)28-8-12)23-30-16(21-15(26)6-17(27)35-21)7-18(32-23)31-20-11-3-1-10(2-4-11)19(20)24(33)34/h5-11,19-20H,1-4H2,(H,28,29)(H,33,34)(H,30,31,32). The van der Waals surface area contributed by atoms with Crippen molar-refractivity contribution in [3.63, 3.8) is 0 Å². The zero-order chi connectivity index (χ0) is 24.3. The minimum Gasteiger partial charge on any atom is -0.481 e. The number of carbonyl (C=O) groups is 1. The van der Waals surface area contributed by atoms with Crippen molar-refractivity contribution in [2.75, 3.05) is 5.32 Å². The molecular formula is C24H20F3N5O3. The number of anilines is 1. The van der Waals surface area contributed by atoms with E-state index in [0.29, 0.717) is 22.7 Å². The van der Waals surface area contributed by atoms with Crippen LogP contribution in [0.25, 0.3) is 33.9 Å². The third-order valence-electron chi connectivity index (χ3n) is 7.17. The Bertz CT molecular complexity index is 1440. The first-order valence-corrected chi connectivity index (χ1v) is 11.3. The molecule has 0 spiro atoms. The second kappa shape index (κ2) is 8.10. The van der Waals surface area contributed by atoms with Gasteiger partial charge in [0.15, 0.2) is 17.4 Å². The molecule has 2 bridgehead atoms. The molecule has 3 aliphatic carbocycles. The number of carboxylic acids is 1. The molecule has 35 heavy (non-hydrogen) atoms. The monoisotopic (exact) mass is 483 g/mol. The van der Waals surface area contributed by atoms with Gasteiger partial charge in [0.05, 0.1) is 18.2 Å². The van der Waals surface area contributed by atoms with E-state index in [-0.39, 0.29) is 35.2 Å². The fraction of sp³-hybridized carbons (Fsp3) is 0.333. The number of aromatic amines is 1. The maximum Gasteiger partial charge on any atom is 0.308 e. The maximum absolute atomic E-state index is 14.4. The van der Waals surface area contributed by atoms with Crippen LogP contribution < -0.4 is 5.32 Å². The van der Waals surface area contributed by atoms with Gasteiger partial charge in [-0.25, -0.2) is 23.7 Å². The number of nitrogens with one attached hydrogen (secondary N) is 2. The predicted octanol–water partition coefficient (Wildman–Crippen LogP) is 5.00. The molecule has 180 valence electrons. The maximum atomic E-state index is 14.4. The Morgan fingerprint density at radius 2 is 1.86 bits per heavy atom. The summed E-state index contributed by atoms with van der Waals surface area (Å²) in [5, 5.41) is 13.6. The van der Waals surface area contributed by atoms with Gasteiger partial charge in [0.2, 0.25) is 0 Å². The van der Waals surface area contributed by atoms with Gasteiger partial charge < -0.3 is 19.8 Å². The predicted molar refractivity (Wildman–Crippen MR) is 119 cm³/mol. The van der Waals surface area contributed by atoms with Gasteiger partial charge in [-0.2, -0.15) is 4.39 Å². The van der Waals surface area contributed by atoms with E-state index in [9.17, 15) is 23.1 Å². The molecule has 3 fully saturated rings. The van der Waals surface area contributed by atoms with Gasteiger partial charge in [-0.05, 0) is 43.6 Å². The zero-order valence-electron chi connectivity index (χ0n) is 18.3. The Hall–Kier alpha value is -3.89. The first kappa shape index (κ1) is 21.6. The number of halogens is 3. The van der Waals surface area contributed by atoms with E-state index in [1.807, 2.05) is 0 Å². The normalized spacial score (nSPS) is 23.6. The van der Waals surface area contributed by atoms with Crippen molar-refractivity contribution < 1.29 is 27.5 Å². The van der Waals surface area contributed by atoms with E-state index in [4.69, 9.17) is 4.42 Å². The average molecular weight is 483 g/mol. The molecule has 4 aromatic rings. The fourth-order valence-electron chi connectivity index (χ4n) is 5.62. The molecular weight excluding hydrogens is 463 g/mol. The Balaban J connectivity index is 1.47.